The molecule has 0 heterocycles. The van der Waals surface area contributed by atoms with Crippen LogP contribution in [0, 0.1) is 18.6 Å². The number of carboxylic acid groups (broad SMARTS) is 1. The highest BCUT2D eigenvalue weighted by atomic mass is 19.1. The predicted molar refractivity (Wildman–Crippen MR) is 63.5 cm³/mol. The maximum Gasteiger partial charge on any atom is 0.314 e. The van der Waals surface area contributed by atoms with Crippen molar-refractivity contribution in [2.45, 2.75) is 44.4 Å². The molecule has 0 aliphatic heterocycles. The lowest BCUT2D eigenvalue weighted by Crippen LogP contribution is -2.38. The number of halogens is 2. The molecule has 1 fully saturated rings. The lowest BCUT2D eigenvalue weighted by molar-refractivity contribution is -0.145. The molecule has 0 amide bonds. The number of hydrogen-bond acceptors (Lipinski definition) is 1. The fourth-order valence-corrected chi connectivity index (χ4v) is 2.70. The molecule has 2 rings (SSSR count). The maximum atomic E-state index is 13.6. The Morgan fingerprint density at radius 1 is 1.17 bits per heavy atom. The second-order valence-corrected chi connectivity index (χ2v) is 5.01. The van der Waals surface area contributed by atoms with E-state index in [1.54, 1.807) is 0 Å². The molecular weight excluding hydrogens is 238 g/mol. The van der Waals surface area contributed by atoms with E-state index < -0.39 is 23.0 Å². The Labute approximate surface area is 105 Å². The number of hydrogen-bond donors (Lipinski definition) is 1. The standard InChI is InChI=1S/C14H16F2O2/c1-9-11(15)7-10(8-12(9)16)14(13(17)18)5-3-2-4-6-14/h7-8H,2-6H2,1H3,(H,17,18). The third kappa shape index (κ3) is 2.00. The monoisotopic (exact) mass is 254 g/mol. The Morgan fingerprint density at radius 2 is 1.67 bits per heavy atom. The third-order valence-corrected chi connectivity index (χ3v) is 3.95. The first kappa shape index (κ1) is 13.0. The van der Waals surface area contributed by atoms with E-state index in [4.69, 9.17) is 0 Å². The van der Waals surface area contributed by atoms with Crippen LogP contribution in [0.15, 0.2) is 12.1 Å². The van der Waals surface area contributed by atoms with Gasteiger partial charge in [-0.05, 0) is 37.5 Å². The van der Waals surface area contributed by atoms with Gasteiger partial charge < -0.3 is 5.11 Å². The highest BCUT2D eigenvalue weighted by Crippen LogP contribution is 2.40. The molecule has 0 aromatic heterocycles. The van der Waals surface area contributed by atoms with Crippen LogP contribution in [0.1, 0.15) is 43.2 Å². The van der Waals surface area contributed by atoms with Gasteiger partial charge in [0, 0.05) is 5.56 Å². The Hall–Kier alpha value is -1.45. The summed E-state index contributed by atoms with van der Waals surface area (Å²) in [6.07, 6.45) is 3.44. The van der Waals surface area contributed by atoms with Crippen molar-refractivity contribution in [2.75, 3.05) is 0 Å². The number of rotatable bonds is 2. The Morgan fingerprint density at radius 3 is 2.11 bits per heavy atom. The first-order valence-electron chi connectivity index (χ1n) is 6.17. The number of benzene rings is 1. The molecule has 1 saturated carbocycles. The van der Waals surface area contributed by atoms with Gasteiger partial charge in [-0.2, -0.15) is 0 Å². The van der Waals surface area contributed by atoms with E-state index in [2.05, 4.69) is 0 Å². The van der Waals surface area contributed by atoms with Crippen LogP contribution in [0.5, 0.6) is 0 Å². The number of carboxylic acids is 1. The van der Waals surface area contributed by atoms with Gasteiger partial charge in [0.15, 0.2) is 0 Å². The van der Waals surface area contributed by atoms with Gasteiger partial charge >= 0.3 is 5.97 Å². The van der Waals surface area contributed by atoms with Crippen LogP contribution in [0.2, 0.25) is 0 Å². The second-order valence-electron chi connectivity index (χ2n) is 5.01. The van der Waals surface area contributed by atoms with Gasteiger partial charge in [0.25, 0.3) is 0 Å². The summed E-state index contributed by atoms with van der Waals surface area (Å²) in [5.41, 5.74) is -0.918. The summed E-state index contributed by atoms with van der Waals surface area (Å²) < 4.78 is 27.2. The minimum atomic E-state index is -1.12. The summed E-state index contributed by atoms with van der Waals surface area (Å²) in [6.45, 7) is 1.35. The molecule has 98 valence electrons. The molecule has 1 aromatic carbocycles. The van der Waals surface area contributed by atoms with Crippen LogP contribution in [0.3, 0.4) is 0 Å². The zero-order chi connectivity index (χ0) is 13.3. The van der Waals surface area contributed by atoms with E-state index in [1.807, 2.05) is 0 Å². The first-order chi connectivity index (χ1) is 8.47. The summed E-state index contributed by atoms with van der Waals surface area (Å²) in [7, 11) is 0. The highest BCUT2D eigenvalue weighted by Gasteiger charge is 2.41. The van der Waals surface area contributed by atoms with Crippen LogP contribution < -0.4 is 0 Å². The van der Waals surface area contributed by atoms with Crippen LogP contribution in [-0.2, 0) is 10.2 Å². The van der Waals surface area contributed by atoms with Crippen LogP contribution in [0.25, 0.3) is 0 Å². The minimum Gasteiger partial charge on any atom is -0.481 e. The lowest BCUT2D eigenvalue weighted by atomic mass is 9.69. The molecule has 0 spiro atoms. The zero-order valence-corrected chi connectivity index (χ0v) is 10.3. The highest BCUT2D eigenvalue weighted by molar-refractivity contribution is 5.81. The average molecular weight is 254 g/mol. The molecule has 1 N–H and O–H groups in total. The van der Waals surface area contributed by atoms with Gasteiger partial charge in [0.2, 0.25) is 0 Å². The van der Waals surface area contributed by atoms with Crippen molar-refractivity contribution in [1.82, 2.24) is 0 Å². The van der Waals surface area contributed by atoms with E-state index >= 15 is 0 Å². The van der Waals surface area contributed by atoms with Crippen molar-refractivity contribution >= 4 is 5.97 Å². The molecule has 1 aromatic rings. The SMILES string of the molecule is Cc1c(F)cc(C2(C(=O)O)CCCCC2)cc1F. The molecule has 18 heavy (non-hydrogen) atoms. The van der Waals surface area contributed by atoms with E-state index in [1.165, 1.54) is 19.1 Å². The van der Waals surface area contributed by atoms with E-state index in [0.717, 1.165) is 19.3 Å². The lowest BCUT2D eigenvalue weighted by Gasteiger charge is -2.33. The topological polar surface area (TPSA) is 37.3 Å². The molecule has 0 saturated heterocycles. The molecule has 0 radical (unpaired) electrons. The summed E-state index contributed by atoms with van der Waals surface area (Å²) in [5.74, 6) is -2.32. The van der Waals surface area contributed by atoms with Gasteiger partial charge in [-0.25, -0.2) is 8.78 Å². The summed E-state index contributed by atoms with van der Waals surface area (Å²) in [4.78, 5) is 11.5. The minimum absolute atomic E-state index is 0.0601. The van der Waals surface area contributed by atoms with Gasteiger partial charge in [-0.3, -0.25) is 4.79 Å². The van der Waals surface area contributed by atoms with E-state index in [-0.39, 0.29) is 11.1 Å². The van der Waals surface area contributed by atoms with Crippen LogP contribution >= 0.6 is 0 Å². The summed E-state index contributed by atoms with van der Waals surface area (Å²) >= 11 is 0. The van der Waals surface area contributed by atoms with Gasteiger partial charge in [-0.1, -0.05) is 19.3 Å². The van der Waals surface area contributed by atoms with Gasteiger partial charge in [0.1, 0.15) is 11.6 Å². The Kier molecular flexibility index (Phi) is 3.37. The van der Waals surface area contributed by atoms with Crippen molar-refractivity contribution in [3.63, 3.8) is 0 Å². The maximum absolute atomic E-state index is 13.6. The largest absolute Gasteiger partial charge is 0.481 e. The van der Waals surface area contributed by atoms with Crippen molar-refractivity contribution < 1.29 is 18.7 Å². The van der Waals surface area contributed by atoms with Crippen molar-refractivity contribution in [3.8, 4) is 0 Å². The molecule has 0 unspecified atom stereocenters. The van der Waals surface area contributed by atoms with Gasteiger partial charge in [0.05, 0.1) is 5.41 Å². The normalized spacial score (nSPS) is 18.6. The van der Waals surface area contributed by atoms with Gasteiger partial charge in [-0.15, -0.1) is 0 Å². The number of aliphatic carboxylic acids is 1. The Balaban J connectivity index is 2.52. The zero-order valence-electron chi connectivity index (χ0n) is 10.3. The van der Waals surface area contributed by atoms with Crippen LogP contribution in [0.4, 0.5) is 8.78 Å². The smallest absolute Gasteiger partial charge is 0.314 e. The molecule has 1 aliphatic rings. The predicted octanol–water partition coefficient (Wildman–Crippen LogP) is 3.56. The fourth-order valence-electron chi connectivity index (χ4n) is 2.70. The molecule has 0 bridgehead atoms. The van der Waals surface area contributed by atoms with Crippen molar-refractivity contribution in [3.05, 3.63) is 34.9 Å². The summed E-state index contributed by atoms with van der Waals surface area (Å²) in [6, 6.07) is 2.36. The number of carbonyl (C=O) groups is 1. The average Bonchev–Trinajstić information content (AvgIpc) is 2.36. The second kappa shape index (κ2) is 4.67. The molecule has 2 nitrogen and oxygen atoms in total. The Bertz CT molecular complexity index is 454. The van der Waals surface area contributed by atoms with E-state index in [0.29, 0.717) is 12.8 Å². The van der Waals surface area contributed by atoms with Crippen molar-refractivity contribution in [1.29, 1.82) is 0 Å². The third-order valence-electron chi connectivity index (χ3n) is 3.95. The first-order valence-corrected chi connectivity index (χ1v) is 6.17. The molecular formula is C14H16F2O2. The van der Waals surface area contributed by atoms with E-state index in [9.17, 15) is 18.7 Å². The summed E-state index contributed by atoms with van der Waals surface area (Å²) in [5, 5.41) is 9.45. The fraction of sp³-hybridized carbons (Fsp3) is 0.500. The molecule has 0 atom stereocenters. The van der Waals surface area contributed by atoms with Crippen molar-refractivity contribution in [2.24, 2.45) is 0 Å². The van der Waals surface area contributed by atoms with Crippen LogP contribution in [-0.4, -0.2) is 11.1 Å². The molecule has 1 aliphatic carbocycles. The quantitative estimate of drug-likeness (QED) is 0.876. The molecule has 4 heteroatoms.